The lowest BCUT2D eigenvalue weighted by Crippen LogP contribution is -2.34. The van der Waals surface area contributed by atoms with E-state index in [0.717, 1.165) is 23.3 Å². The van der Waals surface area contributed by atoms with Crippen molar-refractivity contribution in [2.24, 2.45) is 5.73 Å². The average molecular weight is 258 g/mol. The normalized spacial score (nSPS) is 11.4. The number of pyridine rings is 1. The minimum absolute atomic E-state index is 0.123. The van der Waals surface area contributed by atoms with Crippen molar-refractivity contribution in [1.29, 1.82) is 0 Å². The van der Waals surface area contributed by atoms with Crippen molar-refractivity contribution in [3.05, 3.63) is 22.8 Å². The van der Waals surface area contributed by atoms with E-state index in [1.165, 1.54) is 0 Å². The molecule has 3 nitrogen and oxygen atoms in total. The zero-order valence-corrected chi connectivity index (χ0v) is 10.1. The van der Waals surface area contributed by atoms with Gasteiger partial charge in [0.1, 0.15) is 5.82 Å². The van der Waals surface area contributed by atoms with Gasteiger partial charge in [-0.15, -0.1) is 0 Å². The first-order chi connectivity index (χ1) is 6.47. The van der Waals surface area contributed by atoms with E-state index in [1.54, 1.807) is 6.20 Å². The summed E-state index contributed by atoms with van der Waals surface area (Å²) in [7, 11) is 0. The SMILES string of the molecule is CC(C)(N)CCNc1ccc(Br)cn1. The predicted octanol–water partition coefficient (Wildman–Crippen LogP) is 2.38. The van der Waals surface area contributed by atoms with E-state index >= 15 is 0 Å². The van der Waals surface area contributed by atoms with Crippen molar-refractivity contribution >= 4 is 21.7 Å². The fourth-order valence-electron chi connectivity index (χ4n) is 0.993. The van der Waals surface area contributed by atoms with Crippen LogP contribution in [0.3, 0.4) is 0 Å². The zero-order valence-electron chi connectivity index (χ0n) is 8.55. The van der Waals surface area contributed by atoms with Gasteiger partial charge in [0.25, 0.3) is 0 Å². The maximum Gasteiger partial charge on any atom is 0.125 e. The van der Waals surface area contributed by atoms with Crippen LogP contribution in [0.5, 0.6) is 0 Å². The molecule has 0 amide bonds. The van der Waals surface area contributed by atoms with Crippen LogP contribution in [0.15, 0.2) is 22.8 Å². The van der Waals surface area contributed by atoms with Gasteiger partial charge in [0.05, 0.1) is 0 Å². The topological polar surface area (TPSA) is 50.9 Å². The highest BCUT2D eigenvalue weighted by Crippen LogP contribution is 2.11. The highest BCUT2D eigenvalue weighted by molar-refractivity contribution is 9.10. The molecule has 0 aliphatic heterocycles. The number of aromatic nitrogens is 1. The molecule has 1 aromatic heterocycles. The number of nitrogens with zero attached hydrogens (tertiary/aromatic N) is 1. The van der Waals surface area contributed by atoms with E-state index in [1.807, 2.05) is 26.0 Å². The van der Waals surface area contributed by atoms with Crippen LogP contribution in [-0.4, -0.2) is 17.1 Å². The van der Waals surface area contributed by atoms with Gasteiger partial charge in [0, 0.05) is 22.8 Å². The van der Waals surface area contributed by atoms with Gasteiger partial charge in [-0.2, -0.15) is 0 Å². The predicted molar refractivity (Wildman–Crippen MR) is 63.3 cm³/mol. The molecule has 0 aromatic carbocycles. The summed E-state index contributed by atoms with van der Waals surface area (Å²) >= 11 is 3.34. The Kier molecular flexibility index (Phi) is 3.89. The van der Waals surface area contributed by atoms with Crippen LogP contribution < -0.4 is 11.1 Å². The third-order valence-corrected chi connectivity index (χ3v) is 2.27. The number of hydrogen-bond acceptors (Lipinski definition) is 3. The number of rotatable bonds is 4. The van der Waals surface area contributed by atoms with E-state index in [2.05, 4.69) is 26.2 Å². The van der Waals surface area contributed by atoms with Crippen molar-refractivity contribution in [3.63, 3.8) is 0 Å². The number of anilines is 1. The van der Waals surface area contributed by atoms with E-state index in [-0.39, 0.29) is 5.54 Å². The van der Waals surface area contributed by atoms with Gasteiger partial charge < -0.3 is 11.1 Å². The van der Waals surface area contributed by atoms with Crippen LogP contribution in [0.25, 0.3) is 0 Å². The number of nitrogens with one attached hydrogen (secondary N) is 1. The van der Waals surface area contributed by atoms with Gasteiger partial charge in [-0.3, -0.25) is 0 Å². The molecule has 0 radical (unpaired) electrons. The van der Waals surface area contributed by atoms with Crippen molar-refractivity contribution in [2.75, 3.05) is 11.9 Å². The van der Waals surface area contributed by atoms with Crippen LogP contribution in [0.4, 0.5) is 5.82 Å². The molecule has 78 valence electrons. The van der Waals surface area contributed by atoms with Crippen LogP contribution in [0.1, 0.15) is 20.3 Å². The molecular weight excluding hydrogens is 242 g/mol. The minimum Gasteiger partial charge on any atom is -0.370 e. The Bertz CT molecular complexity index is 276. The lowest BCUT2D eigenvalue weighted by atomic mass is 10.0. The second kappa shape index (κ2) is 4.75. The summed E-state index contributed by atoms with van der Waals surface area (Å²) in [6.45, 7) is 4.88. The Morgan fingerprint density at radius 1 is 1.50 bits per heavy atom. The smallest absolute Gasteiger partial charge is 0.125 e. The molecule has 0 bridgehead atoms. The summed E-state index contributed by atoms with van der Waals surface area (Å²) in [6.07, 6.45) is 2.70. The third-order valence-electron chi connectivity index (χ3n) is 1.80. The third kappa shape index (κ3) is 4.58. The van der Waals surface area contributed by atoms with Crippen molar-refractivity contribution in [2.45, 2.75) is 25.8 Å². The molecule has 0 aliphatic rings. The monoisotopic (exact) mass is 257 g/mol. The summed E-state index contributed by atoms with van der Waals surface area (Å²) in [5, 5.41) is 3.22. The molecule has 0 saturated carbocycles. The van der Waals surface area contributed by atoms with Gasteiger partial charge in [-0.05, 0) is 48.3 Å². The van der Waals surface area contributed by atoms with Gasteiger partial charge in [-0.25, -0.2) is 4.98 Å². The van der Waals surface area contributed by atoms with Crippen LogP contribution in [0.2, 0.25) is 0 Å². The van der Waals surface area contributed by atoms with Gasteiger partial charge in [-0.1, -0.05) is 0 Å². The maximum atomic E-state index is 5.86. The van der Waals surface area contributed by atoms with Crippen LogP contribution in [0, 0.1) is 0 Å². The molecule has 1 heterocycles. The van der Waals surface area contributed by atoms with Crippen molar-refractivity contribution in [1.82, 2.24) is 4.98 Å². The summed E-state index contributed by atoms with van der Waals surface area (Å²) in [5.41, 5.74) is 5.73. The molecule has 3 N–H and O–H groups in total. The molecule has 1 rings (SSSR count). The van der Waals surface area contributed by atoms with E-state index < -0.39 is 0 Å². The molecule has 0 fully saturated rings. The standard InChI is InChI=1S/C10H16BrN3/c1-10(2,12)5-6-13-9-4-3-8(11)7-14-9/h3-4,7H,5-6,12H2,1-2H3,(H,13,14). The molecule has 0 unspecified atom stereocenters. The fourth-order valence-corrected chi connectivity index (χ4v) is 1.23. The van der Waals surface area contributed by atoms with Gasteiger partial charge in [0.15, 0.2) is 0 Å². The molecule has 0 aliphatic carbocycles. The van der Waals surface area contributed by atoms with Gasteiger partial charge >= 0.3 is 0 Å². The number of hydrogen-bond donors (Lipinski definition) is 2. The largest absolute Gasteiger partial charge is 0.370 e. The second-order valence-corrected chi connectivity index (χ2v) is 4.94. The second-order valence-electron chi connectivity index (χ2n) is 4.03. The van der Waals surface area contributed by atoms with Crippen LogP contribution in [-0.2, 0) is 0 Å². The molecule has 1 aromatic rings. The number of halogens is 1. The fraction of sp³-hybridized carbons (Fsp3) is 0.500. The summed E-state index contributed by atoms with van der Waals surface area (Å²) in [6, 6.07) is 3.90. The quantitative estimate of drug-likeness (QED) is 0.871. The summed E-state index contributed by atoms with van der Waals surface area (Å²) in [5.74, 6) is 0.887. The molecule has 0 spiro atoms. The Morgan fingerprint density at radius 3 is 2.71 bits per heavy atom. The first kappa shape index (κ1) is 11.5. The van der Waals surface area contributed by atoms with E-state index in [9.17, 15) is 0 Å². The average Bonchev–Trinajstić information content (AvgIpc) is 2.06. The maximum absolute atomic E-state index is 5.86. The lowest BCUT2D eigenvalue weighted by Gasteiger charge is -2.18. The number of nitrogens with two attached hydrogens (primary N) is 1. The Labute approximate surface area is 93.2 Å². The van der Waals surface area contributed by atoms with Crippen LogP contribution >= 0.6 is 15.9 Å². The molecule has 0 saturated heterocycles. The summed E-state index contributed by atoms with van der Waals surface area (Å²) < 4.78 is 0.988. The van der Waals surface area contributed by atoms with E-state index in [4.69, 9.17) is 5.73 Å². The molecular formula is C10H16BrN3. The Morgan fingerprint density at radius 2 is 2.21 bits per heavy atom. The highest BCUT2D eigenvalue weighted by Gasteiger charge is 2.09. The Balaban J connectivity index is 2.35. The molecule has 14 heavy (non-hydrogen) atoms. The van der Waals surface area contributed by atoms with Gasteiger partial charge in [0.2, 0.25) is 0 Å². The Hall–Kier alpha value is -0.610. The molecule has 0 atom stereocenters. The lowest BCUT2D eigenvalue weighted by molar-refractivity contribution is 0.490. The van der Waals surface area contributed by atoms with E-state index in [0.29, 0.717) is 0 Å². The van der Waals surface area contributed by atoms with Crippen molar-refractivity contribution < 1.29 is 0 Å². The first-order valence-corrected chi connectivity index (χ1v) is 5.41. The van der Waals surface area contributed by atoms with Crippen molar-refractivity contribution in [3.8, 4) is 0 Å². The highest BCUT2D eigenvalue weighted by atomic mass is 79.9. The minimum atomic E-state index is -0.123. The first-order valence-electron chi connectivity index (χ1n) is 4.62. The zero-order chi connectivity index (χ0) is 10.6. The summed E-state index contributed by atoms with van der Waals surface area (Å²) in [4.78, 5) is 4.20. The molecule has 4 heteroatoms.